The van der Waals surface area contributed by atoms with Crippen molar-refractivity contribution in [2.24, 2.45) is 11.8 Å². The van der Waals surface area contributed by atoms with Crippen molar-refractivity contribution < 1.29 is 13.3 Å². The molecule has 1 saturated carbocycles. The molecule has 2 aromatic rings. The first-order valence-electron chi connectivity index (χ1n) is 20.6. The fraction of sp³-hybridized carbons (Fsp3) is 0.600. The van der Waals surface area contributed by atoms with Crippen molar-refractivity contribution in [2.45, 2.75) is 155 Å². The molecule has 0 radical (unpaired) electrons. The molecule has 3 rings (SSSR count). The maximum absolute atomic E-state index is 7.76. The fourth-order valence-electron chi connectivity index (χ4n) is 8.55. The van der Waals surface area contributed by atoms with Crippen molar-refractivity contribution >= 4 is 35.3 Å². The van der Waals surface area contributed by atoms with Gasteiger partial charge >= 0.3 is 0 Å². The summed E-state index contributed by atoms with van der Waals surface area (Å²) in [5, 5.41) is 2.62. The number of rotatable bonds is 22. The second-order valence-electron chi connectivity index (χ2n) is 15.9. The molecule has 0 N–H and O–H groups in total. The lowest BCUT2D eigenvalue weighted by molar-refractivity contribution is 0.0814. The molecule has 3 nitrogen and oxygen atoms in total. The van der Waals surface area contributed by atoms with Crippen LogP contribution in [0.25, 0.3) is 0 Å². The minimum Gasteiger partial charge on any atom is -0.414 e. The van der Waals surface area contributed by atoms with Gasteiger partial charge in [-0.05, 0) is 89.7 Å². The van der Waals surface area contributed by atoms with Crippen molar-refractivity contribution in [3.63, 3.8) is 0 Å². The summed E-state index contributed by atoms with van der Waals surface area (Å²) in [6, 6.07) is 29.3. The third kappa shape index (κ3) is 11.1. The van der Waals surface area contributed by atoms with Gasteiger partial charge in [-0.15, -0.1) is 0 Å². The van der Waals surface area contributed by atoms with Crippen LogP contribution < -0.4 is 10.4 Å². The lowest BCUT2D eigenvalue weighted by atomic mass is 9.91. The van der Waals surface area contributed by atoms with Gasteiger partial charge < -0.3 is 13.3 Å². The maximum Gasteiger partial charge on any atom is 0.261 e. The van der Waals surface area contributed by atoms with Gasteiger partial charge in [0.2, 0.25) is 0 Å². The molecule has 1 aliphatic rings. The van der Waals surface area contributed by atoms with E-state index < -0.39 is 25.0 Å². The molecule has 2 aromatic carbocycles. The normalized spacial score (nSPS) is 20.7. The van der Waals surface area contributed by atoms with E-state index in [4.69, 9.17) is 13.3 Å². The number of allylic oxidation sites excluding steroid dienone is 6. The van der Waals surface area contributed by atoms with Crippen molar-refractivity contribution in [3.05, 3.63) is 97.1 Å². The molecular weight excluding hydrogens is 673 g/mol. The second-order valence-corrected chi connectivity index (χ2v) is 29.6. The van der Waals surface area contributed by atoms with Crippen LogP contribution >= 0.6 is 0 Å². The van der Waals surface area contributed by atoms with Crippen LogP contribution in [0.15, 0.2) is 97.1 Å². The Morgan fingerprint density at radius 3 is 1.39 bits per heavy atom. The van der Waals surface area contributed by atoms with Gasteiger partial charge in [0.25, 0.3) is 8.32 Å². The summed E-state index contributed by atoms with van der Waals surface area (Å²) in [7, 11) is -6.47. The van der Waals surface area contributed by atoms with Crippen LogP contribution in [-0.2, 0) is 13.3 Å². The fourth-order valence-corrected chi connectivity index (χ4v) is 19.0. The molecule has 0 unspecified atom stereocenters. The Balaban J connectivity index is 2.11. The molecule has 0 spiro atoms. The van der Waals surface area contributed by atoms with Gasteiger partial charge in [0.05, 0.1) is 12.2 Å². The maximum atomic E-state index is 7.76. The van der Waals surface area contributed by atoms with Gasteiger partial charge in [-0.25, -0.2) is 0 Å². The van der Waals surface area contributed by atoms with Crippen LogP contribution in [0.3, 0.4) is 0 Å². The Labute approximate surface area is 317 Å². The van der Waals surface area contributed by atoms with E-state index in [1.807, 2.05) is 0 Å². The molecule has 51 heavy (non-hydrogen) atoms. The van der Waals surface area contributed by atoms with Gasteiger partial charge in [-0.2, -0.15) is 0 Å². The van der Waals surface area contributed by atoms with E-state index in [0.717, 1.165) is 50.2 Å². The summed E-state index contributed by atoms with van der Waals surface area (Å²) in [5.41, 5.74) is 0. The molecule has 0 aliphatic heterocycles. The second kappa shape index (κ2) is 21.2. The monoisotopic (exact) mass is 746 g/mol. The summed E-state index contributed by atoms with van der Waals surface area (Å²) in [6.07, 6.45) is 19.3. The molecule has 284 valence electrons. The van der Waals surface area contributed by atoms with Crippen molar-refractivity contribution in [1.29, 1.82) is 0 Å². The molecule has 4 atom stereocenters. The van der Waals surface area contributed by atoms with Gasteiger partial charge in [-0.1, -0.05) is 166 Å². The highest BCUT2D eigenvalue weighted by atomic mass is 28.4. The Bertz CT molecular complexity index is 1270. The van der Waals surface area contributed by atoms with Crippen LogP contribution in [0, 0.1) is 11.8 Å². The topological polar surface area (TPSA) is 27.7 Å². The molecule has 0 aromatic heterocycles. The summed E-state index contributed by atoms with van der Waals surface area (Å²) in [4.78, 5) is 0. The Morgan fingerprint density at radius 2 is 0.980 bits per heavy atom. The molecule has 0 heterocycles. The first-order valence-corrected chi connectivity index (χ1v) is 27.6. The summed E-state index contributed by atoms with van der Waals surface area (Å²) >= 11 is 0. The van der Waals surface area contributed by atoms with E-state index in [9.17, 15) is 0 Å². The predicted molar refractivity (Wildman–Crippen MR) is 231 cm³/mol. The Morgan fingerprint density at radius 1 is 0.569 bits per heavy atom. The molecule has 0 saturated heterocycles. The molecule has 0 amide bonds. The van der Waals surface area contributed by atoms with Crippen molar-refractivity contribution in [2.75, 3.05) is 6.61 Å². The Hall–Kier alpha value is -1.81. The third-order valence-electron chi connectivity index (χ3n) is 12.2. The Kier molecular flexibility index (Phi) is 18.1. The molecule has 0 bridgehead atoms. The average molecular weight is 747 g/mol. The minimum absolute atomic E-state index is 0.0713. The highest BCUT2D eigenvalue weighted by molar-refractivity contribution is 6.99. The van der Waals surface area contributed by atoms with Gasteiger partial charge in [-0.3, -0.25) is 0 Å². The third-order valence-corrected chi connectivity index (χ3v) is 26.6. The average Bonchev–Trinajstić information content (AvgIpc) is 3.46. The summed E-state index contributed by atoms with van der Waals surface area (Å²) < 4.78 is 22.8. The van der Waals surface area contributed by atoms with E-state index >= 15 is 0 Å². The smallest absolute Gasteiger partial charge is 0.261 e. The van der Waals surface area contributed by atoms with Crippen LogP contribution in [0.1, 0.15) is 101 Å². The lowest BCUT2D eigenvalue weighted by Crippen LogP contribution is -2.67. The largest absolute Gasteiger partial charge is 0.414 e. The highest BCUT2D eigenvalue weighted by Crippen LogP contribution is 2.45. The molecule has 1 fully saturated rings. The quantitative estimate of drug-likeness (QED) is 0.0887. The zero-order valence-corrected chi connectivity index (χ0v) is 37.3. The first-order chi connectivity index (χ1) is 24.5. The van der Waals surface area contributed by atoms with E-state index in [-0.39, 0.29) is 23.2 Å². The molecule has 6 heteroatoms. The number of hydrogen-bond donors (Lipinski definition) is 0. The van der Waals surface area contributed by atoms with Crippen LogP contribution in [0.5, 0.6) is 0 Å². The van der Waals surface area contributed by atoms with Crippen LogP contribution in [0.2, 0.25) is 41.3 Å². The standard InChI is InChI=1S/C45H74O3Si3/c1-11-18-19-20-21-22-23-24-31-36-41-42(44(48-50(15-5,16-6)17-7)37-43(41)47-49(12-2,13-3)14-4)38-46-51(45(8,9)10,39-32-27-25-28-33-39)40-34-29-26-30-35-40/h18-19,21-22,24-35,41-44H,11-17,20,23,36-38H2,1-10H3/b19-18-,22-21-,31-24-/t41-,42+,43-,44+/m1/s1. The van der Waals surface area contributed by atoms with Crippen molar-refractivity contribution in [3.8, 4) is 0 Å². The van der Waals surface area contributed by atoms with Crippen molar-refractivity contribution in [1.82, 2.24) is 0 Å². The number of benzene rings is 2. The van der Waals surface area contributed by atoms with Gasteiger partial charge in [0.1, 0.15) is 0 Å². The van der Waals surface area contributed by atoms with Crippen LogP contribution in [-0.4, -0.2) is 43.8 Å². The van der Waals surface area contributed by atoms with E-state index in [1.165, 1.54) is 28.5 Å². The lowest BCUT2D eigenvalue weighted by Gasteiger charge is -2.44. The summed E-state index contributed by atoms with van der Waals surface area (Å²) in [5.74, 6) is 0.625. The SMILES string of the molecule is CC/C=C\C/C=C\C/C=C\C[C@@H]1[C@H](CO[Si](c2ccccc2)(c2ccccc2)C(C)(C)C)[C@@H](O[Si](CC)(CC)CC)C[C@H]1O[Si](CC)(CC)CC. The summed E-state index contributed by atoms with van der Waals surface area (Å²) in [6.45, 7) is 24.3. The van der Waals surface area contributed by atoms with Crippen LogP contribution in [0.4, 0.5) is 0 Å². The zero-order chi connectivity index (χ0) is 37.4. The van der Waals surface area contributed by atoms with E-state index in [1.54, 1.807) is 0 Å². The highest BCUT2D eigenvalue weighted by Gasteiger charge is 2.54. The zero-order valence-electron chi connectivity index (χ0n) is 34.3. The predicted octanol–water partition coefficient (Wildman–Crippen LogP) is 12.2. The first kappa shape index (κ1) is 43.6. The van der Waals surface area contributed by atoms with Gasteiger partial charge in [0, 0.05) is 12.5 Å². The van der Waals surface area contributed by atoms with E-state index in [0.29, 0.717) is 12.5 Å². The molecular formula is C45H74O3Si3. The van der Waals surface area contributed by atoms with E-state index in [2.05, 4.69) is 166 Å². The minimum atomic E-state index is -2.72. The van der Waals surface area contributed by atoms with Gasteiger partial charge in [0.15, 0.2) is 16.6 Å². The molecule has 1 aliphatic carbocycles. The number of hydrogen-bond acceptors (Lipinski definition) is 3.